The Morgan fingerprint density at radius 1 is 1.77 bits per heavy atom. The van der Waals surface area contributed by atoms with Crippen LogP contribution in [0.15, 0.2) is 12.3 Å². The van der Waals surface area contributed by atoms with E-state index < -0.39 is 5.06 Å². The minimum absolute atomic E-state index is 0.132. The van der Waals surface area contributed by atoms with Gasteiger partial charge in [-0.1, -0.05) is 11.6 Å². The Hall–Kier alpha value is -1.31. The van der Waals surface area contributed by atoms with Crippen LogP contribution in [0.3, 0.4) is 0 Å². The number of alkyl halides is 1. The van der Waals surface area contributed by atoms with E-state index in [-0.39, 0.29) is 11.4 Å². The van der Waals surface area contributed by atoms with Crippen LogP contribution in [0.4, 0.5) is 5.82 Å². The lowest BCUT2D eigenvalue weighted by molar-refractivity contribution is 0.150. The molecule has 0 aromatic carbocycles. The summed E-state index contributed by atoms with van der Waals surface area (Å²) in [5, 5.41) is 16.5. The number of aliphatic hydroxyl groups is 1. The Labute approximate surface area is 80.6 Å². The molecule has 0 saturated heterocycles. The maximum atomic E-state index is 9.38. The quantitative estimate of drug-likeness (QED) is 0.657. The predicted molar refractivity (Wildman–Crippen MR) is 48.8 cm³/mol. The van der Waals surface area contributed by atoms with Crippen molar-refractivity contribution in [2.75, 3.05) is 5.73 Å². The van der Waals surface area contributed by atoms with Crippen molar-refractivity contribution in [1.82, 2.24) is 4.98 Å². The molecule has 1 aromatic heterocycles. The van der Waals surface area contributed by atoms with Gasteiger partial charge in [0.05, 0.1) is 5.56 Å². The Bertz CT molecular complexity index is 365. The van der Waals surface area contributed by atoms with Crippen LogP contribution in [0.2, 0.25) is 0 Å². The average molecular weight is 198 g/mol. The van der Waals surface area contributed by atoms with Crippen molar-refractivity contribution in [3.63, 3.8) is 0 Å². The number of hydrogen-bond acceptors (Lipinski definition) is 4. The first-order valence-corrected chi connectivity index (χ1v) is 3.90. The van der Waals surface area contributed by atoms with Gasteiger partial charge in [-0.3, -0.25) is 0 Å². The maximum Gasteiger partial charge on any atom is 0.162 e. The van der Waals surface area contributed by atoms with Gasteiger partial charge in [-0.2, -0.15) is 5.26 Å². The highest BCUT2D eigenvalue weighted by atomic mass is 35.5. The molecule has 1 rings (SSSR count). The lowest BCUT2D eigenvalue weighted by atomic mass is 10.1. The Morgan fingerprint density at radius 2 is 2.38 bits per heavy atom. The zero-order chi connectivity index (χ0) is 10.1. The summed E-state index contributed by atoms with van der Waals surface area (Å²) < 4.78 is 0. The fourth-order valence-corrected chi connectivity index (χ4v) is 0.918. The third-order valence-corrected chi connectivity index (χ3v) is 1.78. The Morgan fingerprint density at radius 3 is 2.85 bits per heavy atom. The topological polar surface area (TPSA) is 82.9 Å². The predicted octanol–water partition coefficient (Wildman–Crippen LogP) is 0.939. The van der Waals surface area contributed by atoms with Gasteiger partial charge in [0.25, 0.3) is 0 Å². The van der Waals surface area contributed by atoms with Gasteiger partial charge in [-0.25, -0.2) is 4.98 Å². The van der Waals surface area contributed by atoms with Crippen LogP contribution in [-0.2, 0) is 5.06 Å². The Kier molecular flexibility index (Phi) is 2.41. The van der Waals surface area contributed by atoms with Gasteiger partial charge >= 0.3 is 0 Å². The van der Waals surface area contributed by atoms with Gasteiger partial charge in [-0.15, -0.1) is 0 Å². The molecule has 0 fully saturated rings. The smallest absolute Gasteiger partial charge is 0.162 e. The molecule has 0 aliphatic heterocycles. The van der Waals surface area contributed by atoms with E-state index in [0.29, 0.717) is 5.56 Å². The Balaban J connectivity index is 3.24. The van der Waals surface area contributed by atoms with E-state index in [2.05, 4.69) is 4.98 Å². The zero-order valence-electron chi connectivity index (χ0n) is 6.95. The van der Waals surface area contributed by atoms with Gasteiger partial charge in [0.1, 0.15) is 11.9 Å². The van der Waals surface area contributed by atoms with E-state index in [4.69, 9.17) is 22.6 Å². The summed E-state index contributed by atoms with van der Waals surface area (Å²) in [7, 11) is 0. The summed E-state index contributed by atoms with van der Waals surface area (Å²) in [6, 6.07) is 3.26. The molecular weight excluding hydrogens is 190 g/mol. The fourth-order valence-electron chi connectivity index (χ4n) is 0.814. The summed E-state index contributed by atoms with van der Waals surface area (Å²) in [4.78, 5) is 3.73. The number of halogens is 1. The molecule has 13 heavy (non-hydrogen) atoms. The second-order valence-corrected chi connectivity index (χ2v) is 3.46. The molecular formula is C8H8ClN3O. The van der Waals surface area contributed by atoms with Crippen LogP contribution < -0.4 is 5.73 Å². The maximum absolute atomic E-state index is 9.38. The first-order chi connectivity index (χ1) is 5.95. The van der Waals surface area contributed by atoms with E-state index >= 15 is 0 Å². The van der Waals surface area contributed by atoms with Crippen LogP contribution in [0, 0.1) is 11.3 Å². The van der Waals surface area contributed by atoms with Crippen molar-refractivity contribution in [2.45, 2.75) is 12.0 Å². The van der Waals surface area contributed by atoms with Gasteiger partial charge < -0.3 is 10.8 Å². The molecule has 4 nitrogen and oxygen atoms in total. The molecule has 1 heterocycles. The number of pyridine rings is 1. The van der Waals surface area contributed by atoms with E-state index in [1.807, 2.05) is 6.07 Å². The highest BCUT2D eigenvalue weighted by Gasteiger charge is 2.20. The van der Waals surface area contributed by atoms with Crippen molar-refractivity contribution in [3.05, 3.63) is 23.4 Å². The molecule has 5 heteroatoms. The molecule has 3 N–H and O–H groups in total. The minimum atomic E-state index is -1.52. The van der Waals surface area contributed by atoms with Crippen molar-refractivity contribution in [1.29, 1.82) is 5.26 Å². The molecule has 0 aliphatic rings. The van der Waals surface area contributed by atoms with E-state index in [0.717, 1.165) is 0 Å². The van der Waals surface area contributed by atoms with Gasteiger partial charge in [0, 0.05) is 11.8 Å². The number of hydrogen-bond donors (Lipinski definition) is 2. The zero-order valence-corrected chi connectivity index (χ0v) is 7.71. The summed E-state index contributed by atoms with van der Waals surface area (Å²) in [5.41, 5.74) is 5.94. The number of nitrogens with two attached hydrogens (primary N) is 1. The monoisotopic (exact) mass is 197 g/mol. The molecule has 0 radical (unpaired) electrons. The second kappa shape index (κ2) is 3.21. The van der Waals surface area contributed by atoms with Crippen LogP contribution >= 0.6 is 11.6 Å². The number of rotatable bonds is 1. The molecule has 0 aliphatic carbocycles. The van der Waals surface area contributed by atoms with Crippen LogP contribution in [0.1, 0.15) is 18.1 Å². The summed E-state index contributed by atoms with van der Waals surface area (Å²) in [6.45, 7) is 1.39. The number of aromatic nitrogens is 1. The highest BCUT2D eigenvalue weighted by Crippen LogP contribution is 2.25. The van der Waals surface area contributed by atoms with E-state index in [1.54, 1.807) is 0 Å². The summed E-state index contributed by atoms with van der Waals surface area (Å²) in [5.74, 6) is 0.132. The molecule has 1 atom stereocenters. The fraction of sp³-hybridized carbons (Fsp3) is 0.250. The lowest BCUT2D eigenvalue weighted by Crippen LogP contribution is -2.13. The van der Waals surface area contributed by atoms with Crippen molar-refractivity contribution in [2.24, 2.45) is 0 Å². The molecule has 0 saturated carbocycles. The second-order valence-electron chi connectivity index (χ2n) is 2.72. The molecule has 1 aromatic rings. The van der Waals surface area contributed by atoms with Crippen molar-refractivity contribution < 1.29 is 5.11 Å². The van der Waals surface area contributed by atoms with Crippen molar-refractivity contribution in [3.8, 4) is 6.07 Å². The average Bonchev–Trinajstić information content (AvgIpc) is 2.03. The first kappa shape index (κ1) is 9.78. The third-order valence-electron chi connectivity index (χ3n) is 1.57. The van der Waals surface area contributed by atoms with Crippen LogP contribution in [0.5, 0.6) is 0 Å². The molecule has 0 bridgehead atoms. The summed E-state index contributed by atoms with van der Waals surface area (Å²) >= 11 is 5.61. The van der Waals surface area contributed by atoms with Crippen LogP contribution in [-0.4, -0.2) is 10.1 Å². The number of anilines is 1. The SMILES string of the molecule is CC(O)(Cl)c1cnc(N)c(C#N)c1. The lowest BCUT2D eigenvalue weighted by Gasteiger charge is -2.14. The largest absolute Gasteiger partial charge is 0.383 e. The number of nitriles is 1. The van der Waals surface area contributed by atoms with Crippen molar-refractivity contribution >= 4 is 17.4 Å². The van der Waals surface area contributed by atoms with Gasteiger partial charge in [-0.05, 0) is 13.0 Å². The minimum Gasteiger partial charge on any atom is -0.383 e. The molecule has 68 valence electrons. The number of nitrogens with zero attached hydrogens (tertiary/aromatic N) is 2. The molecule has 0 amide bonds. The van der Waals surface area contributed by atoms with Gasteiger partial charge in [0.2, 0.25) is 0 Å². The molecule has 0 spiro atoms. The third kappa shape index (κ3) is 2.08. The van der Waals surface area contributed by atoms with Crippen LogP contribution in [0.25, 0.3) is 0 Å². The molecule has 1 unspecified atom stereocenters. The van der Waals surface area contributed by atoms with E-state index in [1.165, 1.54) is 19.2 Å². The summed E-state index contributed by atoms with van der Waals surface area (Å²) in [6.07, 6.45) is 1.34. The normalized spacial score (nSPS) is 14.6. The standard InChI is InChI=1S/C8H8ClN3O/c1-8(9,13)6-2-5(3-10)7(11)12-4-6/h2,4,13H,1H3,(H2,11,12). The first-order valence-electron chi connectivity index (χ1n) is 3.52. The highest BCUT2D eigenvalue weighted by molar-refractivity contribution is 6.22. The van der Waals surface area contributed by atoms with Gasteiger partial charge in [0.15, 0.2) is 5.06 Å². The van der Waals surface area contributed by atoms with E-state index in [9.17, 15) is 5.11 Å². The number of nitrogen functional groups attached to an aromatic ring is 1.